The van der Waals surface area contributed by atoms with E-state index in [2.05, 4.69) is 0 Å². The van der Waals surface area contributed by atoms with Gasteiger partial charge in [-0.2, -0.15) is 0 Å². The van der Waals surface area contributed by atoms with E-state index in [-0.39, 0.29) is 18.7 Å². The molecule has 0 aliphatic heterocycles. The monoisotopic (exact) mass is 263 g/mol. The van der Waals surface area contributed by atoms with Crippen LogP contribution >= 0.6 is 0 Å². The topological polar surface area (TPSA) is 32.7 Å². The van der Waals surface area contributed by atoms with Crippen LogP contribution in [0.25, 0.3) is 0 Å². The molecule has 0 bridgehead atoms. The Morgan fingerprint density at radius 1 is 1.11 bits per heavy atom. The van der Waals surface area contributed by atoms with E-state index in [1.165, 1.54) is 7.11 Å². The number of hydrogen-bond donors (Lipinski definition) is 1. The lowest BCUT2D eigenvalue weighted by molar-refractivity contribution is 0.126. The molecule has 0 fully saturated rings. The van der Waals surface area contributed by atoms with Gasteiger partial charge < -0.3 is 9.84 Å². The first kappa shape index (κ1) is 14.9. The standard InChI is InChI=1S/C12H16F3NO2/c1-18-5-3-16(2-4-17)8-9-6-11(14)12(15)7-10(9)13/h6-7,17H,2-5,8H2,1H3. The Bertz CT molecular complexity index is 388. The molecule has 0 amide bonds. The first-order valence-corrected chi connectivity index (χ1v) is 5.54. The van der Waals surface area contributed by atoms with Crippen molar-refractivity contribution in [3.05, 3.63) is 35.1 Å². The highest BCUT2D eigenvalue weighted by atomic mass is 19.2. The quantitative estimate of drug-likeness (QED) is 0.758. The van der Waals surface area contributed by atoms with Crippen LogP contribution in [0.3, 0.4) is 0 Å². The second-order valence-electron chi connectivity index (χ2n) is 3.85. The van der Waals surface area contributed by atoms with E-state index < -0.39 is 17.5 Å². The van der Waals surface area contributed by atoms with Gasteiger partial charge in [-0.1, -0.05) is 0 Å². The van der Waals surface area contributed by atoms with Crippen molar-refractivity contribution in [2.45, 2.75) is 6.54 Å². The maximum absolute atomic E-state index is 13.4. The van der Waals surface area contributed by atoms with E-state index in [1.807, 2.05) is 0 Å². The van der Waals surface area contributed by atoms with Crippen molar-refractivity contribution in [3.63, 3.8) is 0 Å². The molecule has 0 radical (unpaired) electrons. The molecule has 1 N–H and O–H groups in total. The van der Waals surface area contributed by atoms with E-state index >= 15 is 0 Å². The fourth-order valence-electron chi connectivity index (χ4n) is 1.56. The fraction of sp³-hybridized carbons (Fsp3) is 0.500. The van der Waals surface area contributed by atoms with Gasteiger partial charge in [-0.3, -0.25) is 4.90 Å². The summed E-state index contributed by atoms with van der Waals surface area (Å²) in [4.78, 5) is 1.69. The second-order valence-corrected chi connectivity index (χ2v) is 3.85. The molecule has 0 saturated carbocycles. The Balaban J connectivity index is 2.76. The zero-order chi connectivity index (χ0) is 13.5. The highest BCUT2D eigenvalue weighted by Crippen LogP contribution is 2.15. The predicted octanol–water partition coefficient (Wildman–Crippen LogP) is 1.54. The average Bonchev–Trinajstić information content (AvgIpc) is 2.33. The van der Waals surface area contributed by atoms with Crippen LogP contribution in [-0.4, -0.2) is 43.4 Å². The lowest BCUT2D eigenvalue weighted by atomic mass is 10.2. The van der Waals surface area contributed by atoms with Crippen molar-refractivity contribution >= 4 is 0 Å². The predicted molar refractivity (Wildman–Crippen MR) is 60.6 cm³/mol. The lowest BCUT2D eigenvalue weighted by Crippen LogP contribution is -2.30. The van der Waals surface area contributed by atoms with Gasteiger partial charge in [0.1, 0.15) is 5.82 Å². The minimum Gasteiger partial charge on any atom is -0.395 e. The van der Waals surface area contributed by atoms with Crippen LogP contribution in [-0.2, 0) is 11.3 Å². The van der Waals surface area contributed by atoms with Crippen molar-refractivity contribution in [2.75, 3.05) is 33.4 Å². The molecule has 0 aliphatic carbocycles. The number of benzene rings is 1. The van der Waals surface area contributed by atoms with Crippen molar-refractivity contribution in [1.82, 2.24) is 4.90 Å². The molecule has 0 aromatic heterocycles. The van der Waals surface area contributed by atoms with Crippen molar-refractivity contribution in [1.29, 1.82) is 0 Å². The van der Waals surface area contributed by atoms with E-state index in [9.17, 15) is 13.2 Å². The average molecular weight is 263 g/mol. The van der Waals surface area contributed by atoms with Crippen LogP contribution in [0.2, 0.25) is 0 Å². The number of ether oxygens (including phenoxy) is 1. The summed E-state index contributed by atoms with van der Waals surface area (Å²) in [5.74, 6) is -3.09. The third kappa shape index (κ3) is 4.29. The van der Waals surface area contributed by atoms with Crippen LogP contribution in [0.4, 0.5) is 13.2 Å². The Hall–Kier alpha value is -1.11. The molecule has 3 nitrogen and oxygen atoms in total. The largest absolute Gasteiger partial charge is 0.395 e. The molecule has 0 aliphatic rings. The van der Waals surface area contributed by atoms with Crippen LogP contribution in [0, 0.1) is 17.5 Å². The molecule has 0 unspecified atom stereocenters. The minimum atomic E-state index is -1.21. The number of nitrogens with zero attached hydrogens (tertiary/aromatic N) is 1. The third-order valence-electron chi connectivity index (χ3n) is 2.51. The summed E-state index contributed by atoms with van der Waals surface area (Å²) in [6.07, 6.45) is 0. The zero-order valence-corrected chi connectivity index (χ0v) is 10.1. The van der Waals surface area contributed by atoms with Crippen molar-refractivity contribution in [3.8, 4) is 0 Å². The summed E-state index contributed by atoms with van der Waals surface area (Å²) >= 11 is 0. The molecule has 0 atom stereocenters. The summed E-state index contributed by atoms with van der Waals surface area (Å²) in [6, 6.07) is 1.36. The normalized spacial score (nSPS) is 11.2. The minimum absolute atomic E-state index is 0.0541. The van der Waals surface area contributed by atoms with Gasteiger partial charge in [0, 0.05) is 38.4 Å². The van der Waals surface area contributed by atoms with E-state index in [0.29, 0.717) is 25.8 Å². The van der Waals surface area contributed by atoms with Gasteiger partial charge in [0.15, 0.2) is 11.6 Å². The molecule has 18 heavy (non-hydrogen) atoms. The summed E-state index contributed by atoms with van der Waals surface area (Å²) in [5, 5.41) is 8.87. The number of aliphatic hydroxyl groups is 1. The molecular weight excluding hydrogens is 247 g/mol. The number of rotatable bonds is 7. The molecule has 1 aromatic rings. The SMILES string of the molecule is COCCN(CCO)Cc1cc(F)c(F)cc1F. The van der Waals surface area contributed by atoms with E-state index in [4.69, 9.17) is 9.84 Å². The van der Waals surface area contributed by atoms with Gasteiger partial charge in [-0.25, -0.2) is 13.2 Å². The maximum atomic E-state index is 13.4. The molecular formula is C12H16F3NO2. The van der Waals surface area contributed by atoms with Gasteiger partial charge in [-0.15, -0.1) is 0 Å². The number of aliphatic hydroxyl groups excluding tert-OH is 1. The Labute approximate surface area is 104 Å². The van der Waals surface area contributed by atoms with Crippen LogP contribution in [0.1, 0.15) is 5.56 Å². The van der Waals surface area contributed by atoms with Gasteiger partial charge >= 0.3 is 0 Å². The third-order valence-corrected chi connectivity index (χ3v) is 2.51. The summed E-state index contributed by atoms with van der Waals surface area (Å²) in [5.41, 5.74) is 0.0541. The van der Waals surface area contributed by atoms with Crippen molar-refractivity contribution in [2.24, 2.45) is 0 Å². The van der Waals surface area contributed by atoms with Crippen LogP contribution in [0.5, 0.6) is 0 Å². The Kier molecular flexibility index (Phi) is 6.11. The van der Waals surface area contributed by atoms with Gasteiger partial charge in [0.25, 0.3) is 0 Å². The second kappa shape index (κ2) is 7.35. The zero-order valence-electron chi connectivity index (χ0n) is 10.1. The molecule has 0 spiro atoms. The van der Waals surface area contributed by atoms with Gasteiger partial charge in [0.05, 0.1) is 13.2 Å². The smallest absolute Gasteiger partial charge is 0.161 e. The molecule has 1 aromatic carbocycles. The van der Waals surface area contributed by atoms with E-state index in [1.54, 1.807) is 4.90 Å². The summed E-state index contributed by atoms with van der Waals surface area (Å²) in [7, 11) is 1.52. The van der Waals surface area contributed by atoms with Gasteiger partial charge in [0.2, 0.25) is 0 Å². The molecule has 6 heteroatoms. The first-order valence-electron chi connectivity index (χ1n) is 5.54. The Morgan fingerprint density at radius 3 is 2.39 bits per heavy atom. The fourth-order valence-corrected chi connectivity index (χ4v) is 1.56. The summed E-state index contributed by atoms with van der Waals surface area (Å²) in [6.45, 7) is 1.17. The van der Waals surface area contributed by atoms with Crippen LogP contribution in [0.15, 0.2) is 12.1 Å². The molecule has 102 valence electrons. The molecule has 1 rings (SSSR count). The van der Waals surface area contributed by atoms with Crippen molar-refractivity contribution < 1.29 is 23.0 Å². The number of hydrogen-bond acceptors (Lipinski definition) is 3. The number of halogens is 3. The maximum Gasteiger partial charge on any atom is 0.161 e. The molecule has 0 saturated heterocycles. The molecule has 0 heterocycles. The van der Waals surface area contributed by atoms with E-state index in [0.717, 1.165) is 6.07 Å². The first-order chi connectivity index (χ1) is 8.58. The highest BCUT2D eigenvalue weighted by Gasteiger charge is 2.13. The number of methoxy groups -OCH3 is 1. The van der Waals surface area contributed by atoms with Crippen LogP contribution < -0.4 is 0 Å². The lowest BCUT2D eigenvalue weighted by Gasteiger charge is -2.21. The van der Waals surface area contributed by atoms with Gasteiger partial charge in [-0.05, 0) is 6.07 Å². The highest BCUT2D eigenvalue weighted by molar-refractivity contribution is 5.20. The Morgan fingerprint density at radius 2 is 1.78 bits per heavy atom. The summed E-state index contributed by atoms with van der Waals surface area (Å²) < 4.78 is 44.1.